The molecule has 0 spiro atoms. The maximum atomic E-state index is 11.3. The lowest BCUT2D eigenvalue weighted by molar-refractivity contribution is 0.0994. The van der Waals surface area contributed by atoms with Crippen molar-refractivity contribution in [1.29, 1.82) is 0 Å². The number of nitrogens with zero attached hydrogens (tertiary/aromatic N) is 3. The Morgan fingerprint density at radius 2 is 2.29 bits per heavy atom. The van der Waals surface area contributed by atoms with Crippen molar-refractivity contribution in [3.8, 4) is 0 Å². The van der Waals surface area contributed by atoms with Gasteiger partial charge in [-0.25, -0.2) is 4.68 Å². The molecule has 17 heavy (non-hydrogen) atoms. The topological polar surface area (TPSA) is 73.8 Å². The predicted molar refractivity (Wildman–Crippen MR) is 64.6 cm³/mol. The molecule has 1 amide bonds. The second kappa shape index (κ2) is 4.85. The first-order valence-electron chi connectivity index (χ1n) is 6.39. The Morgan fingerprint density at radius 1 is 1.59 bits per heavy atom. The number of aromatic nitrogens is 3. The third kappa shape index (κ3) is 2.18. The molecule has 0 aromatic carbocycles. The van der Waals surface area contributed by atoms with Crippen LogP contribution in [0.3, 0.4) is 0 Å². The highest BCUT2D eigenvalue weighted by molar-refractivity contribution is 5.91. The molecule has 0 bridgehead atoms. The lowest BCUT2D eigenvalue weighted by Gasteiger charge is -2.32. The fourth-order valence-electron chi connectivity index (χ4n) is 2.42. The van der Waals surface area contributed by atoms with Crippen LogP contribution in [-0.2, 0) is 6.42 Å². The summed E-state index contributed by atoms with van der Waals surface area (Å²) in [5, 5.41) is 8.06. The maximum absolute atomic E-state index is 11.3. The first kappa shape index (κ1) is 12.1. The van der Waals surface area contributed by atoms with E-state index in [0.717, 1.165) is 18.5 Å². The number of hydrogen-bond acceptors (Lipinski definition) is 3. The van der Waals surface area contributed by atoms with Crippen LogP contribution in [0.2, 0.25) is 0 Å². The van der Waals surface area contributed by atoms with Crippen molar-refractivity contribution in [2.45, 2.75) is 52.0 Å². The van der Waals surface area contributed by atoms with Crippen molar-refractivity contribution in [2.24, 2.45) is 11.7 Å². The fraction of sp³-hybridized carbons (Fsp3) is 0.750. The highest BCUT2D eigenvalue weighted by Crippen LogP contribution is 2.36. The van der Waals surface area contributed by atoms with Crippen LogP contribution in [-0.4, -0.2) is 20.9 Å². The van der Waals surface area contributed by atoms with Crippen molar-refractivity contribution in [2.75, 3.05) is 0 Å². The number of amides is 1. The second-order valence-corrected chi connectivity index (χ2v) is 4.88. The van der Waals surface area contributed by atoms with Gasteiger partial charge in [0.25, 0.3) is 5.91 Å². The van der Waals surface area contributed by atoms with E-state index in [9.17, 15) is 4.79 Å². The molecule has 1 saturated carbocycles. The Bertz CT molecular complexity index is 409. The van der Waals surface area contributed by atoms with Gasteiger partial charge < -0.3 is 5.73 Å². The fourth-order valence-corrected chi connectivity index (χ4v) is 2.42. The second-order valence-electron chi connectivity index (χ2n) is 4.88. The zero-order valence-electron chi connectivity index (χ0n) is 10.5. The number of rotatable bonds is 5. The molecular formula is C12H20N4O. The van der Waals surface area contributed by atoms with Crippen LogP contribution >= 0.6 is 0 Å². The van der Waals surface area contributed by atoms with E-state index in [1.54, 1.807) is 0 Å². The standard InChI is InChI=1S/C12H20N4O/c1-3-5-10-11(12(13)17)14-15-16(10)8(2)9-6-4-7-9/h8-9H,3-7H2,1-2H3,(H2,13,17). The van der Waals surface area contributed by atoms with Crippen LogP contribution in [0.25, 0.3) is 0 Å². The zero-order chi connectivity index (χ0) is 12.4. The van der Waals surface area contributed by atoms with Crippen molar-refractivity contribution in [3.63, 3.8) is 0 Å². The summed E-state index contributed by atoms with van der Waals surface area (Å²) in [7, 11) is 0. The average Bonchev–Trinajstić information content (AvgIpc) is 2.59. The summed E-state index contributed by atoms with van der Waals surface area (Å²) < 4.78 is 1.91. The van der Waals surface area contributed by atoms with E-state index in [1.807, 2.05) is 4.68 Å². The number of carbonyl (C=O) groups is 1. The third-order valence-electron chi connectivity index (χ3n) is 3.73. The van der Waals surface area contributed by atoms with Crippen molar-refractivity contribution in [3.05, 3.63) is 11.4 Å². The molecule has 5 heteroatoms. The van der Waals surface area contributed by atoms with Crippen LogP contribution in [0.1, 0.15) is 61.8 Å². The molecule has 1 unspecified atom stereocenters. The molecule has 2 N–H and O–H groups in total. The quantitative estimate of drug-likeness (QED) is 0.845. The third-order valence-corrected chi connectivity index (χ3v) is 3.73. The van der Waals surface area contributed by atoms with Crippen molar-refractivity contribution >= 4 is 5.91 Å². The summed E-state index contributed by atoms with van der Waals surface area (Å²) in [6.45, 7) is 4.23. The summed E-state index contributed by atoms with van der Waals surface area (Å²) in [5.74, 6) is 0.202. The van der Waals surface area contributed by atoms with E-state index in [-0.39, 0.29) is 0 Å². The molecule has 1 aliphatic carbocycles. The predicted octanol–water partition coefficient (Wildman–Crippen LogP) is 1.69. The summed E-state index contributed by atoms with van der Waals surface area (Å²) in [6, 6.07) is 0.325. The molecule has 1 aromatic rings. The van der Waals surface area contributed by atoms with E-state index in [0.29, 0.717) is 17.7 Å². The molecule has 0 saturated heterocycles. The lowest BCUT2D eigenvalue weighted by atomic mass is 9.80. The van der Waals surface area contributed by atoms with Crippen LogP contribution in [0.4, 0.5) is 0 Å². The summed E-state index contributed by atoms with van der Waals surface area (Å²) in [5.41, 5.74) is 6.57. The first-order valence-corrected chi connectivity index (χ1v) is 6.39. The summed E-state index contributed by atoms with van der Waals surface area (Å²) in [6.07, 6.45) is 5.57. The van der Waals surface area contributed by atoms with E-state index in [4.69, 9.17) is 5.73 Å². The van der Waals surface area contributed by atoms with Gasteiger partial charge in [0.2, 0.25) is 0 Å². The van der Waals surface area contributed by atoms with Gasteiger partial charge in [0.05, 0.1) is 11.7 Å². The molecule has 94 valence electrons. The molecule has 1 heterocycles. The Hall–Kier alpha value is -1.39. The summed E-state index contributed by atoms with van der Waals surface area (Å²) in [4.78, 5) is 11.3. The molecule has 2 rings (SSSR count). The Morgan fingerprint density at radius 3 is 2.76 bits per heavy atom. The van der Waals surface area contributed by atoms with Gasteiger partial charge in [0, 0.05) is 0 Å². The first-order chi connectivity index (χ1) is 8.15. The number of carbonyl (C=O) groups excluding carboxylic acids is 1. The van der Waals surface area contributed by atoms with Crippen LogP contribution in [0.5, 0.6) is 0 Å². The number of hydrogen-bond donors (Lipinski definition) is 1. The van der Waals surface area contributed by atoms with Gasteiger partial charge in [0.15, 0.2) is 5.69 Å². The van der Waals surface area contributed by atoms with Crippen molar-refractivity contribution in [1.82, 2.24) is 15.0 Å². The lowest BCUT2D eigenvalue weighted by Crippen LogP contribution is -2.25. The van der Waals surface area contributed by atoms with Crippen molar-refractivity contribution < 1.29 is 4.79 Å². The molecule has 5 nitrogen and oxygen atoms in total. The average molecular weight is 236 g/mol. The molecule has 1 fully saturated rings. The highest BCUT2D eigenvalue weighted by atomic mass is 16.1. The van der Waals surface area contributed by atoms with E-state index < -0.39 is 5.91 Å². The highest BCUT2D eigenvalue weighted by Gasteiger charge is 2.29. The van der Waals surface area contributed by atoms with Gasteiger partial charge in [-0.15, -0.1) is 5.10 Å². The van der Waals surface area contributed by atoms with Gasteiger partial charge in [-0.05, 0) is 32.1 Å². The van der Waals surface area contributed by atoms with Gasteiger partial charge >= 0.3 is 0 Å². The van der Waals surface area contributed by atoms with Gasteiger partial charge in [-0.2, -0.15) is 0 Å². The smallest absolute Gasteiger partial charge is 0.271 e. The molecule has 1 atom stereocenters. The Balaban J connectivity index is 2.28. The molecule has 1 aromatic heterocycles. The van der Waals surface area contributed by atoms with Crippen LogP contribution in [0.15, 0.2) is 0 Å². The molecular weight excluding hydrogens is 216 g/mol. The zero-order valence-corrected chi connectivity index (χ0v) is 10.5. The van der Waals surface area contributed by atoms with Gasteiger partial charge in [0.1, 0.15) is 0 Å². The minimum Gasteiger partial charge on any atom is -0.364 e. The van der Waals surface area contributed by atoms with E-state index in [2.05, 4.69) is 24.2 Å². The minimum absolute atomic E-state index is 0.325. The maximum Gasteiger partial charge on any atom is 0.271 e. The van der Waals surface area contributed by atoms with Crippen LogP contribution < -0.4 is 5.73 Å². The normalized spacial score (nSPS) is 17.8. The molecule has 1 aliphatic rings. The Kier molecular flexibility index (Phi) is 3.45. The van der Waals surface area contributed by atoms with Gasteiger partial charge in [-0.1, -0.05) is 25.0 Å². The van der Waals surface area contributed by atoms with E-state index >= 15 is 0 Å². The van der Waals surface area contributed by atoms with Gasteiger partial charge in [-0.3, -0.25) is 4.79 Å². The monoisotopic (exact) mass is 236 g/mol. The van der Waals surface area contributed by atoms with Crippen LogP contribution in [0, 0.1) is 5.92 Å². The number of primary amides is 1. The summed E-state index contributed by atoms with van der Waals surface area (Å²) >= 11 is 0. The SMILES string of the molecule is CCCc1c(C(N)=O)nnn1C(C)C1CCC1. The Labute approximate surface area is 101 Å². The molecule has 0 aliphatic heterocycles. The largest absolute Gasteiger partial charge is 0.364 e. The minimum atomic E-state index is -0.472. The number of nitrogens with two attached hydrogens (primary N) is 1. The van der Waals surface area contributed by atoms with E-state index in [1.165, 1.54) is 19.3 Å². The molecule has 0 radical (unpaired) electrons.